The molecule has 0 saturated carbocycles. The lowest BCUT2D eigenvalue weighted by atomic mass is 10.2. The Morgan fingerprint density at radius 3 is 2.79 bits per heavy atom. The molecule has 0 radical (unpaired) electrons. The van der Waals surface area contributed by atoms with E-state index in [4.69, 9.17) is 16.3 Å². The predicted octanol–water partition coefficient (Wildman–Crippen LogP) is 4.47. The van der Waals surface area contributed by atoms with E-state index in [1.54, 1.807) is 17.8 Å². The van der Waals surface area contributed by atoms with Crippen molar-refractivity contribution in [3.05, 3.63) is 41.4 Å². The van der Waals surface area contributed by atoms with Crippen LogP contribution < -0.4 is 10.1 Å². The fourth-order valence-corrected chi connectivity index (χ4v) is 3.22. The molecular formula is C14H10ClNO2S. The highest BCUT2D eigenvalue weighted by molar-refractivity contribution is 7.99. The van der Waals surface area contributed by atoms with Crippen LogP contribution in [-0.4, -0.2) is 5.97 Å². The molecule has 0 aliphatic carbocycles. The van der Waals surface area contributed by atoms with Gasteiger partial charge in [-0.15, -0.1) is 0 Å². The van der Waals surface area contributed by atoms with Crippen molar-refractivity contribution in [3.8, 4) is 5.75 Å². The van der Waals surface area contributed by atoms with Gasteiger partial charge in [0.1, 0.15) is 0 Å². The average Bonchev–Trinajstić information content (AvgIpc) is 2.40. The molecule has 0 saturated heterocycles. The lowest BCUT2D eigenvalue weighted by Gasteiger charge is -2.22. The molecule has 0 unspecified atom stereocenters. The summed E-state index contributed by atoms with van der Waals surface area (Å²) in [6.45, 7) is 1.36. The highest BCUT2D eigenvalue weighted by Crippen LogP contribution is 2.49. The lowest BCUT2D eigenvalue weighted by molar-refractivity contribution is -0.131. The van der Waals surface area contributed by atoms with Crippen molar-refractivity contribution in [2.24, 2.45) is 0 Å². The van der Waals surface area contributed by atoms with Crippen molar-refractivity contribution in [1.29, 1.82) is 0 Å². The van der Waals surface area contributed by atoms with Crippen LogP contribution in [0.2, 0.25) is 5.02 Å². The van der Waals surface area contributed by atoms with Gasteiger partial charge in [0.15, 0.2) is 5.75 Å². The molecule has 0 spiro atoms. The smallest absolute Gasteiger partial charge is 0.308 e. The summed E-state index contributed by atoms with van der Waals surface area (Å²) in [6.07, 6.45) is 0. The molecule has 2 aromatic rings. The Labute approximate surface area is 119 Å². The maximum Gasteiger partial charge on any atom is 0.308 e. The first-order valence-corrected chi connectivity index (χ1v) is 6.89. The summed E-state index contributed by atoms with van der Waals surface area (Å²) < 4.78 is 5.09. The van der Waals surface area contributed by atoms with Crippen LogP contribution in [0.4, 0.5) is 11.4 Å². The number of nitrogens with one attached hydrogen (secondary N) is 1. The molecule has 19 heavy (non-hydrogen) atoms. The van der Waals surface area contributed by atoms with Crippen LogP contribution >= 0.6 is 23.4 Å². The molecule has 1 aliphatic rings. The molecule has 5 heteroatoms. The SMILES string of the molecule is CC(=O)Oc1ccc2c(c1Cl)Sc1ccccc1N2. The zero-order chi connectivity index (χ0) is 13.4. The van der Waals surface area contributed by atoms with E-state index in [0.717, 1.165) is 21.2 Å². The lowest BCUT2D eigenvalue weighted by Crippen LogP contribution is -2.04. The predicted molar refractivity (Wildman–Crippen MR) is 76.6 cm³/mol. The van der Waals surface area contributed by atoms with Crippen LogP contribution in [-0.2, 0) is 4.79 Å². The second kappa shape index (κ2) is 4.79. The van der Waals surface area contributed by atoms with Gasteiger partial charge < -0.3 is 10.1 Å². The molecule has 0 aromatic heterocycles. The van der Waals surface area contributed by atoms with Gasteiger partial charge in [-0.2, -0.15) is 0 Å². The van der Waals surface area contributed by atoms with E-state index in [0.29, 0.717) is 10.8 Å². The number of esters is 1. The molecule has 1 N–H and O–H groups in total. The molecule has 3 nitrogen and oxygen atoms in total. The zero-order valence-corrected chi connectivity index (χ0v) is 11.6. The maximum absolute atomic E-state index is 11.0. The topological polar surface area (TPSA) is 38.3 Å². The third kappa shape index (κ3) is 2.29. The quantitative estimate of drug-likeness (QED) is 0.530. The molecule has 2 aromatic carbocycles. The second-order valence-corrected chi connectivity index (χ2v) is 5.50. The van der Waals surface area contributed by atoms with Crippen LogP contribution in [0.1, 0.15) is 6.92 Å². The minimum atomic E-state index is -0.379. The van der Waals surface area contributed by atoms with Gasteiger partial charge in [0, 0.05) is 11.8 Å². The summed E-state index contributed by atoms with van der Waals surface area (Å²) in [7, 11) is 0. The standard InChI is InChI=1S/C14H10ClNO2S/c1-8(17)18-11-7-6-10-14(13(11)15)19-12-5-3-2-4-9(12)16-10/h2-7,16H,1H3. The fourth-order valence-electron chi connectivity index (χ4n) is 1.88. The van der Waals surface area contributed by atoms with Crippen LogP contribution in [0.15, 0.2) is 46.2 Å². The third-order valence-corrected chi connectivity index (χ3v) is 4.38. The van der Waals surface area contributed by atoms with Crippen molar-refractivity contribution in [2.75, 3.05) is 5.32 Å². The van der Waals surface area contributed by atoms with Gasteiger partial charge in [0.05, 0.1) is 21.3 Å². The van der Waals surface area contributed by atoms with Gasteiger partial charge in [0.25, 0.3) is 0 Å². The van der Waals surface area contributed by atoms with Gasteiger partial charge in [0.2, 0.25) is 0 Å². The Morgan fingerprint density at radius 1 is 1.21 bits per heavy atom. The second-order valence-electron chi connectivity index (χ2n) is 4.07. The monoisotopic (exact) mass is 291 g/mol. The summed E-state index contributed by atoms with van der Waals surface area (Å²) in [4.78, 5) is 13.0. The number of rotatable bonds is 1. The summed E-state index contributed by atoms with van der Waals surface area (Å²) in [5.74, 6) is 0.0117. The summed E-state index contributed by atoms with van der Waals surface area (Å²) in [5.41, 5.74) is 1.97. The summed E-state index contributed by atoms with van der Waals surface area (Å²) >= 11 is 7.86. The van der Waals surface area contributed by atoms with E-state index in [2.05, 4.69) is 5.32 Å². The van der Waals surface area contributed by atoms with Crippen LogP contribution in [0.3, 0.4) is 0 Å². The number of fused-ring (bicyclic) bond motifs is 2. The van der Waals surface area contributed by atoms with Crippen molar-refractivity contribution >= 4 is 40.7 Å². The molecule has 0 bridgehead atoms. The van der Waals surface area contributed by atoms with E-state index in [-0.39, 0.29) is 5.97 Å². The largest absolute Gasteiger partial charge is 0.425 e. The number of carbonyl (C=O) groups excluding carboxylic acids is 1. The van der Waals surface area contributed by atoms with Crippen molar-refractivity contribution in [2.45, 2.75) is 16.7 Å². The minimum absolute atomic E-state index is 0.379. The van der Waals surface area contributed by atoms with Crippen LogP contribution in [0.5, 0.6) is 5.75 Å². The van der Waals surface area contributed by atoms with Gasteiger partial charge >= 0.3 is 5.97 Å². The molecular weight excluding hydrogens is 282 g/mol. The van der Waals surface area contributed by atoms with Crippen LogP contribution in [0, 0.1) is 0 Å². The van der Waals surface area contributed by atoms with Gasteiger partial charge in [-0.05, 0) is 24.3 Å². The summed E-state index contributed by atoms with van der Waals surface area (Å²) in [5, 5.41) is 3.77. The molecule has 0 amide bonds. The number of hydrogen-bond acceptors (Lipinski definition) is 4. The Balaban J connectivity index is 2.04. The number of anilines is 2. The average molecular weight is 292 g/mol. The molecule has 0 atom stereocenters. The minimum Gasteiger partial charge on any atom is -0.425 e. The first kappa shape index (κ1) is 12.4. The van der Waals surface area contributed by atoms with E-state index in [1.165, 1.54) is 6.92 Å². The first-order valence-electron chi connectivity index (χ1n) is 5.70. The highest BCUT2D eigenvalue weighted by Gasteiger charge is 2.20. The van der Waals surface area contributed by atoms with E-state index in [1.807, 2.05) is 30.3 Å². The third-order valence-electron chi connectivity index (χ3n) is 2.68. The molecule has 1 heterocycles. The molecule has 0 fully saturated rings. The van der Waals surface area contributed by atoms with Gasteiger partial charge in [-0.1, -0.05) is 35.5 Å². The van der Waals surface area contributed by atoms with E-state index < -0.39 is 0 Å². The Hall–Kier alpha value is -1.65. The Bertz CT molecular complexity index is 672. The van der Waals surface area contributed by atoms with Crippen molar-refractivity contribution < 1.29 is 9.53 Å². The molecule has 96 valence electrons. The molecule has 3 rings (SSSR count). The van der Waals surface area contributed by atoms with Crippen molar-refractivity contribution in [3.63, 3.8) is 0 Å². The number of ether oxygens (including phenoxy) is 1. The van der Waals surface area contributed by atoms with E-state index in [9.17, 15) is 4.79 Å². The number of para-hydroxylation sites is 1. The number of halogens is 1. The summed E-state index contributed by atoms with van der Waals surface area (Å²) in [6, 6.07) is 11.5. The Morgan fingerprint density at radius 2 is 2.00 bits per heavy atom. The fraction of sp³-hybridized carbons (Fsp3) is 0.0714. The number of benzene rings is 2. The molecule has 1 aliphatic heterocycles. The van der Waals surface area contributed by atoms with E-state index >= 15 is 0 Å². The van der Waals surface area contributed by atoms with Gasteiger partial charge in [-0.3, -0.25) is 4.79 Å². The number of carbonyl (C=O) groups is 1. The van der Waals surface area contributed by atoms with Gasteiger partial charge in [-0.25, -0.2) is 0 Å². The zero-order valence-electron chi connectivity index (χ0n) is 10.1. The first-order chi connectivity index (χ1) is 9.15. The van der Waals surface area contributed by atoms with Crippen molar-refractivity contribution in [1.82, 2.24) is 0 Å². The maximum atomic E-state index is 11.0. The Kier molecular flexibility index (Phi) is 3.12. The van der Waals surface area contributed by atoms with Crippen LogP contribution in [0.25, 0.3) is 0 Å². The highest BCUT2D eigenvalue weighted by atomic mass is 35.5. The number of hydrogen-bond donors (Lipinski definition) is 1. The normalized spacial score (nSPS) is 12.1.